The van der Waals surface area contributed by atoms with Crippen LogP contribution in [0.5, 0.6) is 0 Å². The molecule has 2 aromatic rings. The predicted molar refractivity (Wildman–Crippen MR) is 92.6 cm³/mol. The zero-order valence-electron chi connectivity index (χ0n) is 13.3. The summed E-state index contributed by atoms with van der Waals surface area (Å²) in [6.45, 7) is 0.631. The van der Waals surface area contributed by atoms with E-state index in [1.165, 1.54) is 7.11 Å². The molecule has 1 aliphatic rings. The molecule has 1 fully saturated rings. The Kier molecular flexibility index (Phi) is 5.15. The Hall–Kier alpha value is -2.34. The maximum atomic E-state index is 12.2. The summed E-state index contributed by atoms with van der Waals surface area (Å²) in [7, 11) is 1.36. The van der Waals surface area contributed by atoms with Crippen LogP contribution in [0.2, 0.25) is 0 Å². The number of amides is 1. The number of esters is 1. The van der Waals surface area contributed by atoms with Gasteiger partial charge in [-0.3, -0.25) is 9.78 Å². The van der Waals surface area contributed by atoms with Gasteiger partial charge in [-0.15, -0.1) is 11.8 Å². The molecule has 0 spiro atoms. The number of aromatic nitrogens is 1. The van der Waals surface area contributed by atoms with Crippen molar-refractivity contribution < 1.29 is 14.3 Å². The normalized spacial score (nSPS) is 17.1. The second-order valence-corrected chi connectivity index (χ2v) is 6.50. The van der Waals surface area contributed by atoms with Crippen LogP contribution in [0.15, 0.2) is 48.7 Å². The molecule has 3 rings (SSSR count). The third-order valence-corrected chi connectivity index (χ3v) is 5.18. The van der Waals surface area contributed by atoms with Gasteiger partial charge in [0.15, 0.2) is 0 Å². The third kappa shape index (κ3) is 3.59. The Bertz CT molecular complexity index is 719. The highest BCUT2D eigenvalue weighted by Crippen LogP contribution is 2.38. The molecule has 1 aromatic heterocycles. The van der Waals surface area contributed by atoms with Crippen molar-refractivity contribution in [3.8, 4) is 0 Å². The lowest BCUT2D eigenvalue weighted by Gasteiger charge is -2.24. The van der Waals surface area contributed by atoms with Crippen LogP contribution < -0.4 is 0 Å². The van der Waals surface area contributed by atoms with Gasteiger partial charge >= 0.3 is 5.97 Å². The van der Waals surface area contributed by atoms with E-state index < -0.39 is 0 Å². The molecule has 0 radical (unpaired) electrons. The Balaban J connectivity index is 1.71. The number of carbonyl (C=O) groups is 2. The van der Waals surface area contributed by atoms with Gasteiger partial charge in [-0.05, 0) is 29.8 Å². The van der Waals surface area contributed by atoms with Gasteiger partial charge in [0.05, 0.1) is 18.4 Å². The monoisotopic (exact) mass is 342 g/mol. The van der Waals surface area contributed by atoms with E-state index in [-0.39, 0.29) is 17.3 Å². The minimum atomic E-state index is -0.358. The van der Waals surface area contributed by atoms with Crippen molar-refractivity contribution in [2.75, 3.05) is 19.4 Å². The van der Waals surface area contributed by atoms with Gasteiger partial charge < -0.3 is 9.64 Å². The first kappa shape index (κ1) is 16.5. The second-order valence-electron chi connectivity index (χ2n) is 5.44. The molecule has 24 heavy (non-hydrogen) atoms. The molecule has 5 nitrogen and oxygen atoms in total. The van der Waals surface area contributed by atoms with E-state index in [0.717, 1.165) is 17.7 Å². The quantitative estimate of drug-likeness (QED) is 0.782. The number of hydrogen-bond donors (Lipinski definition) is 0. The first-order chi connectivity index (χ1) is 11.7. The van der Waals surface area contributed by atoms with Gasteiger partial charge in [-0.2, -0.15) is 0 Å². The van der Waals surface area contributed by atoms with Crippen molar-refractivity contribution in [3.05, 3.63) is 65.5 Å². The highest BCUT2D eigenvalue weighted by Gasteiger charge is 2.32. The van der Waals surface area contributed by atoms with Gasteiger partial charge in [-0.1, -0.05) is 18.2 Å². The number of ether oxygens (including phenoxy) is 1. The summed E-state index contributed by atoms with van der Waals surface area (Å²) in [5.74, 6) is 0.257. The average Bonchev–Trinajstić information content (AvgIpc) is 3.01. The fraction of sp³-hybridized carbons (Fsp3) is 0.278. The van der Waals surface area contributed by atoms with E-state index in [0.29, 0.717) is 17.9 Å². The van der Waals surface area contributed by atoms with Crippen LogP contribution in [-0.4, -0.2) is 41.2 Å². The lowest BCUT2D eigenvalue weighted by molar-refractivity contribution is -0.128. The van der Waals surface area contributed by atoms with Crippen molar-refractivity contribution in [2.45, 2.75) is 11.8 Å². The van der Waals surface area contributed by atoms with E-state index in [2.05, 4.69) is 4.98 Å². The van der Waals surface area contributed by atoms with Crippen LogP contribution >= 0.6 is 11.8 Å². The van der Waals surface area contributed by atoms with E-state index in [1.807, 2.05) is 35.2 Å². The van der Waals surface area contributed by atoms with Crippen molar-refractivity contribution in [1.29, 1.82) is 0 Å². The van der Waals surface area contributed by atoms with Gasteiger partial charge in [0.25, 0.3) is 0 Å². The van der Waals surface area contributed by atoms with Gasteiger partial charge in [-0.25, -0.2) is 4.79 Å². The molecule has 0 N–H and O–H groups in total. The fourth-order valence-corrected chi connectivity index (χ4v) is 3.87. The highest BCUT2D eigenvalue weighted by molar-refractivity contribution is 8.00. The lowest BCUT2D eigenvalue weighted by Crippen LogP contribution is -2.30. The molecule has 124 valence electrons. The summed E-state index contributed by atoms with van der Waals surface area (Å²) in [5, 5.41) is -0.0205. The number of thioether (sulfide) groups is 1. The van der Waals surface area contributed by atoms with Crippen LogP contribution in [-0.2, 0) is 16.0 Å². The number of methoxy groups -OCH3 is 1. The molecule has 1 amide bonds. The van der Waals surface area contributed by atoms with Crippen LogP contribution in [0, 0.1) is 0 Å². The predicted octanol–water partition coefficient (Wildman–Crippen LogP) is 2.68. The molecular formula is C18H18N2O3S. The van der Waals surface area contributed by atoms with Crippen molar-refractivity contribution in [1.82, 2.24) is 9.88 Å². The number of nitrogens with zero attached hydrogens (tertiary/aromatic N) is 2. The van der Waals surface area contributed by atoms with Crippen LogP contribution in [0.1, 0.15) is 27.0 Å². The number of rotatable bonds is 5. The summed E-state index contributed by atoms with van der Waals surface area (Å²) >= 11 is 1.61. The van der Waals surface area contributed by atoms with Crippen LogP contribution in [0.4, 0.5) is 0 Å². The molecule has 1 aliphatic heterocycles. The Morgan fingerprint density at radius 2 is 2.08 bits per heavy atom. The number of carbonyl (C=O) groups excluding carboxylic acids is 2. The fourth-order valence-electron chi connectivity index (χ4n) is 2.65. The summed E-state index contributed by atoms with van der Waals surface area (Å²) in [5.41, 5.74) is 2.50. The second kappa shape index (κ2) is 7.49. The molecule has 0 bridgehead atoms. The van der Waals surface area contributed by atoms with Gasteiger partial charge in [0.1, 0.15) is 5.37 Å². The molecule has 1 unspecified atom stereocenters. The Morgan fingerprint density at radius 1 is 1.29 bits per heavy atom. The summed E-state index contributed by atoms with van der Waals surface area (Å²) in [4.78, 5) is 29.9. The maximum Gasteiger partial charge on any atom is 0.337 e. The number of benzene rings is 1. The molecule has 1 aromatic carbocycles. The van der Waals surface area contributed by atoms with Crippen molar-refractivity contribution >= 4 is 23.6 Å². The van der Waals surface area contributed by atoms with Crippen molar-refractivity contribution in [3.63, 3.8) is 0 Å². The Labute approximate surface area is 145 Å². The summed E-state index contributed by atoms with van der Waals surface area (Å²) < 4.78 is 4.71. The largest absolute Gasteiger partial charge is 0.465 e. The van der Waals surface area contributed by atoms with E-state index in [1.54, 1.807) is 30.1 Å². The smallest absolute Gasteiger partial charge is 0.337 e. The average molecular weight is 342 g/mol. The van der Waals surface area contributed by atoms with Crippen LogP contribution in [0.3, 0.4) is 0 Å². The standard InChI is InChI=1S/C18H18N2O3S/c1-23-18(22)14-7-5-13(6-8-14)17-20(16(21)12-24-17)11-9-15-4-2-3-10-19-15/h2-8,10,17H,9,11-12H2,1H3. The third-order valence-electron chi connectivity index (χ3n) is 3.92. The topological polar surface area (TPSA) is 59.5 Å². The molecule has 6 heteroatoms. The SMILES string of the molecule is COC(=O)c1ccc(C2SCC(=O)N2CCc2ccccn2)cc1. The highest BCUT2D eigenvalue weighted by atomic mass is 32.2. The van der Waals surface area contributed by atoms with Crippen molar-refractivity contribution in [2.24, 2.45) is 0 Å². The number of pyridine rings is 1. The maximum absolute atomic E-state index is 12.2. The van der Waals surface area contributed by atoms with Gasteiger partial charge in [0.2, 0.25) is 5.91 Å². The first-order valence-corrected chi connectivity index (χ1v) is 8.73. The first-order valence-electron chi connectivity index (χ1n) is 7.68. The molecule has 0 saturated carbocycles. The van der Waals surface area contributed by atoms with Gasteiger partial charge in [0, 0.05) is 24.9 Å². The minimum Gasteiger partial charge on any atom is -0.465 e. The Morgan fingerprint density at radius 3 is 2.75 bits per heavy atom. The summed E-state index contributed by atoms with van der Waals surface area (Å²) in [6.07, 6.45) is 2.49. The zero-order chi connectivity index (χ0) is 16.9. The molecule has 1 atom stereocenters. The molecule has 0 aliphatic carbocycles. The van der Waals surface area contributed by atoms with Crippen LogP contribution in [0.25, 0.3) is 0 Å². The van der Waals surface area contributed by atoms with E-state index in [9.17, 15) is 9.59 Å². The lowest BCUT2D eigenvalue weighted by atomic mass is 10.1. The molecular weight excluding hydrogens is 324 g/mol. The minimum absolute atomic E-state index is 0.0205. The zero-order valence-corrected chi connectivity index (χ0v) is 14.2. The van der Waals surface area contributed by atoms with E-state index in [4.69, 9.17) is 4.74 Å². The number of hydrogen-bond acceptors (Lipinski definition) is 5. The van der Waals surface area contributed by atoms with E-state index >= 15 is 0 Å². The summed E-state index contributed by atoms with van der Waals surface area (Å²) in [6, 6.07) is 13.0. The molecule has 1 saturated heterocycles. The molecule has 2 heterocycles.